The molecule has 1 amide bonds. The number of carbonyl (C=O) groups is 1. The molecule has 2 aromatic carbocycles. The number of rotatable bonds is 4. The van der Waals surface area contributed by atoms with Crippen LogP contribution in [-0.4, -0.2) is 47.2 Å². The van der Waals surface area contributed by atoms with E-state index in [1.54, 1.807) is 4.90 Å². The molecule has 0 spiro atoms. The van der Waals surface area contributed by atoms with Crippen molar-refractivity contribution < 1.29 is 13.6 Å². The predicted molar refractivity (Wildman–Crippen MR) is 106 cm³/mol. The fourth-order valence-corrected chi connectivity index (χ4v) is 3.23. The number of amides is 1. The summed E-state index contributed by atoms with van der Waals surface area (Å²) in [5.41, 5.74) is 1.02. The van der Waals surface area contributed by atoms with Crippen LogP contribution in [0.15, 0.2) is 60.7 Å². The summed E-state index contributed by atoms with van der Waals surface area (Å²) in [7, 11) is 0. The Morgan fingerprint density at radius 1 is 0.828 bits per heavy atom. The van der Waals surface area contributed by atoms with Crippen LogP contribution < -0.4 is 10.2 Å². The van der Waals surface area contributed by atoms with E-state index in [-0.39, 0.29) is 23.1 Å². The number of nitrogens with zero attached hydrogens (tertiary/aromatic N) is 4. The first kappa shape index (κ1) is 18.8. The summed E-state index contributed by atoms with van der Waals surface area (Å²) < 4.78 is 27.5. The number of nitrogens with one attached hydrogen (secondary N) is 1. The lowest BCUT2D eigenvalue weighted by Gasteiger charge is -2.35. The lowest BCUT2D eigenvalue weighted by molar-refractivity contribution is 0.0739. The van der Waals surface area contributed by atoms with Crippen LogP contribution in [0.1, 0.15) is 10.5 Å². The van der Waals surface area contributed by atoms with Gasteiger partial charge in [0.25, 0.3) is 5.91 Å². The fraction of sp³-hybridized carbons (Fsp3) is 0.190. The smallest absolute Gasteiger partial charge is 0.274 e. The average molecular weight is 395 g/mol. The minimum Gasteiger partial charge on any atom is -0.368 e. The first-order valence-corrected chi connectivity index (χ1v) is 9.26. The maximum atomic E-state index is 13.7. The molecule has 3 aromatic rings. The highest BCUT2D eigenvalue weighted by molar-refractivity contribution is 5.92. The zero-order chi connectivity index (χ0) is 20.2. The molecule has 0 unspecified atom stereocenters. The second-order valence-electron chi connectivity index (χ2n) is 6.64. The van der Waals surface area contributed by atoms with Crippen molar-refractivity contribution in [2.75, 3.05) is 36.4 Å². The SMILES string of the molecule is O=C(c1ccc(Nc2c(F)cccc2F)nn1)N1CCN(c2ccccc2)CC1. The molecule has 1 N–H and O–H groups in total. The first-order chi connectivity index (χ1) is 14.1. The number of halogens is 2. The molecule has 2 heterocycles. The second kappa shape index (κ2) is 8.22. The van der Waals surface area contributed by atoms with Crippen molar-refractivity contribution in [3.8, 4) is 0 Å². The van der Waals surface area contributed by atoms with Crippen molar-refractivity contribution >= 4 is 23.1 Å². The zero-order valence-corrected chi connectivity index (χ0v) is 15.6. The van der Waals surface area contributed by atoms with Gasteiger partial charge in [-0.3, -0.25) is 4.79 Å². The number of hydrogen-bond acceptors (Lipinski definition) is 5. The number of para-hydroxylation sites is 2. The molecular formula is C21H19F2N5O. The van der Waals surface area contributed by atoms with Crippen LogP contribution in [0.5, 0.6) is 0 Å². The van der Waals surface area contributed by atoms with Crippen LogP contribution >= 0.6 is 0 Å². The molecule has 0 saturated carbocycles. The summed E-state index contributed by atoms with van der Waals surface area (Å²) in [5.74, 6) is -1.53. The van der Waals surface area contributed by atoms with Crippen molar-refractivity contribution in [3.05, 3.63) is 78.0 Å². The molecule has 8 heteroatoms. The highest BCUT2D eigenvalue weighted by Gasteiger charge is 2.23. The quantitative estimate of drug-likeness (QED) is 0.733. The molecule has 148 valence electrons. The highest BCUT2D eigenvalue weighted by atomic mass is 19.1. The fourth-order valence-electron chi connectivity index (χ4n) is 3.23. The van der Waals surface area contributed by atoms with Gasteiger partial charge < -0.3 is 15.1 Å². The average Bonchev–Trinajstić information content (AvgIpc) is 2.77. The van der Waals surface area contributed by atoms with Gasteiger partial charge in [-0.15, -0.1) is 10.2 Å². The maximum Gasteiger partial charge on any atom is 0.274 e. The topological polar surface area (TPSA) is 61.4 Å². The molecule has 1 aliphatic heterocycles. The van der Waals surface area contributed by atoms with Gasteiger partial charge in [0.15, 0.2) is 11.5 Å². The van der Waals surface area contributed by atoms with Crippen molar-refractivity contribution in [2.45, 2.75) is 0 Å². The van der Waals surface area contributed by atoms with Crippen molar-refractivity contribution in [2.24, 2.45) is 0 Å². The third-order valence-electron chi connectivity index (χ3n) is 4.79. The van der Waals surface area contributed by atoms with Gasteiger partial charge in [0.05, 0.1) is 0 Å². The maximum absolute atomic E-state index is 13.7. The Labute approximate surface area is 166 Å². The number of piperazine rings is 1. The molecule has 6 nitrogen and oxygen atoms in total. The normalized spacial score (nSPS) is 14.0. The van der Waals surface area contributed by atoms with E-state index in [2.05, 4.69) is 20.4 Å². The molecule has 29 heavy (non-hydrogen) atoms. The Hall–Kier alpha value is -3.55. The van der Waals surface area contributed by atoms with Crippen molar-refractivity contribution in [1.29, 1.82) is 0 Å². The second-order valence-corrected chi connectivity index (χ2v) is 6.64. The van der Waals surface area contributed by atoms with Crippen molar-refractivity contribution in [3.63, 3.8) is 0 Å². The van der Waals surface area contributed by atoms with Gasteiger partial charge >= 0.3 is 0 Å². The van der Waals surface area contributed by atoms with Gasteiger partial charge in [-0.25, -0.2) is 8.78 Å². The van der Waals surface area contributed by atoms with E-state index < -0.39 is 11.6 Å². The lowest BCUT2D eigenvalue weighted by Crippen LogP contribution is -2.49. The van der Waals surface area contributed by atoms with E-state index >= 15 is 0 Å². The van der Waals surface area contributed by atoms with E-state index in [9.17, 15) is 13.6 Å². The van der Waals surface area contributed by atoms with Crippen molar-refractivity contribution in [1.82, 2.24) is 15.1 Å². The summed E-state index contributed by atoms with van der Waals surface area (Å²) in [5, 5.41) is 10.4. The van der Waals surface area contributed by atoms with Gasteiger partial charge in [-0.1, -0.05) is 24.3 Å². The molecule has 0 atom stereocenters. The molecular weight excluding hydrogens is 376 g/mol. The van der Waals surface area contributed by atoms with Crippen LogP contribution in [0.25, 0.3) is 0 Å². The number of hydrogen-bond donors (Lipinski definition) is 1. The Morgan fingerprint density at radius 2 is 1.52 bits per heavy atom. The molecule has 4 rings (SSSR count). The minimum atomic E-state index is -0.733. The molecule has 1 saturated heterocycles. The third-order valence-corrected chi connectivity index (χ3v) is 4.79. The molecule has 0 bridgehead atoms. The zero-order valence-electron chi connectivity index (χ0n) is 15.6. The van der Waals surface area contributed by atoms with Crippen LogP contribution in [0.3, 0.4) is 0 Å². The summed E-state index contributed by atoms with van der Waals surface area (Å²) in [4.78, 5) is 16.6. The van der Waals surface area contributed by atoms with Gasteiger partial charge in [0, 0.05) is 31.9 Å². The summed E-state index contributed by atoms with van der Waals surface area (Å²) in [6, 6.07) is 16.6. The summed E-state index contributed by atoms with van der Waals surface area (Å²) >= 11 is 0. The summed E-state index contributed by atoms with van der Waals surface area (Å²) in [6.07, 6.45) is 0. The largest absolute Gasteiger partial charge is 0.368 e. The molecule has 1 aromatic heterocycles. The Balaban J connectivity index is 1.39. The predicted octanol–water partition coefficient (Wildman–Crippen LogP) is 3.46. The number of aromatic nitrogens is 2. The van der Waals surface area contributed by atoms with Gasteiger partial charge in [0.2, 0.25) is 0 Å². The summed E-state index contributed by atoms with van der Waals surface area (Å²) in [6.45, 7) is 2.62. The highest BCUT2D eigenvalue weighted by Crippen LogP contribution is 2.22. The Morgan fingerprint density at radius 3 is 2.14 bits per heavy atom. The van der Waals surface area contributed by atoms with E-state index in [1.165, 1.54) is 18.2 Å². The first-order valence-electron chi connectivity index (χ1n) is 9.26. The Kier molecular flexibility index (Phi) is 5.33. The third kappa shape index (κ3) is 4.16. The van der Waals surface area contributed by atoms with E-state index in [4.69, 9.17) is 0 Å². The molecule has 0 aliphatic carbocycles. The molecule has 0 radical (unpaired) electrons. The van der Waals surface area contributed by atoms with E-state index in [0.717, 1.165) is 30.9 Å². The number of carbonyl (C=O) groups excluding carboxylic acids is 1. The number of anilines is 3. The van der Waals surface area contributed by atoms with Crippen LogP contribution in [0.4, 0.5) is 26.0 Å². The van der Waals surface area contributed by atoms with Gasteiger partial charge in [0.1, 0.15) is 17.3 Å². The lowest BCUT2D eigenvalue weighted by atomic mass is 10.2. The molecule has 1 aliphatic rings. The van der Waals surface area contributed by atoms with Crippen LogP contribution in [0, 0.1) is 11.6 Å². The molecule has 1 fully saturated rings. The van der Waals surface area contributed by atoms with Gasteiger partial charge in [-0.05, 0) is 36.4 Å². The van der Waals surface area contributed by atoms with Crippen LogP contribution in [-0.2, 0) is 0 Å². The van der Waals surface area contributed by atoms with Crippen LogP contribution in [0.2, 0.25) is 0 Å². The number of benzene rings is 2. The standard InChI is InChI=1S/C21H19F2N5O/c22-16-7-4-8-17(23)20(16)24-19-10-9-18(25-26-19)21(29)28-13-11-27(12-14-28)15-5-2-1-3-6-15/h1-10H,11-14H2,(H,24,26). The Bertz CT molecular complexity index is 969. The minimum absolute atomic E-state index is 0.152. The monoisotopic (exact) mass is 395 g/mol. The van der Waals surface area contributed by atoms with E-state index in [0.29, 0.717) is 13.1 Å². The van der Waals surface area contributed by atoms with Gasteiger partial charge in [-0.2, -0.15) is 0 Å². The van der Waals surface area contributed by atoms with E-state index in [1.807, 2.05) is 30.3 Å².